The molecule has 6 nitrogen and oxygen atoms in total. The Morgan fingerprint density at radius 1 is 1.00 bits per heavy atom. The van der Waals surface area contributed by atoms with E-state index in [1.54, 1.807) is 0 Å². The SMILES string of the molecule is CS(=O)(=O)c1ccc(Cl)cc1Cl.CS(=O)c1cc([N+](=O)[O-])c(Cl)cc1Cl. The molecule has 0 saturated heterocycles. The van der Waals surface area contributed by atoms with Gasteiger partial charge in [0.25, 0.3) is 5.69 Å². The number of benzene rings is 2. The first-order chi connectivity index (χ1) is 11.8. The molecule has 0 bridgehead atoms. The molecule has 12 heteroatoms. The normalized spacial score (nSPS) is 12.1. The maximum Gasteiger partial charge on any atom is 0.289 e. The predicted octanol–water partition coefficient (Wildman–Crippen LogP) is 5.04. The summed E-state index contributed by atoms with van der Waals surface area (Å²) in [5, 5.41) is 11.2. The highest BCUT2D eigenvalue weighted by molar-refractivity contribution is 7.90. The van der Waals surface area contributed by atoms with E-state index in [9.17, 15) is 22.7 Å². The van der Waals surface area contributed by atoms with Gasteiger partial charge in [0.15, 0.2) is 9.84 Å². The summed E-state index contributed by atoms with van der Waals surface area (Å²) in [7, 11) is -4.61. The largest absolute Gasteiger partial charge is 0.289 e. The second-order valence-corrected chi connectivity index (χ2v) is 9.78. The molecule has 0 aromatic heterocycles. The van der Waals surface area contributed by atoms with Crippen LogP contribution < -0.4 is 0 Å². The van der Waals surface area contributed by atoms with Crippen molar-refractivity contribution < 1.29 is 17.6 Å². The number of hydrogen-bond acceptors (Lipinski definition) is 5. The molecule has 2 aromatic carbocycles. The van der Waals surface area contributed by atoms with Crippen LogP contribution in [0.5, 0.6) is 0 Å². The fraction of sp³-hybridized carbons (Fsp3) is 0.143. The van der Waals surface area contributed by atoms with Gasteiger partial charge in [0.05, 0.1) is 35.6 Å². The molecule has 0 fully saturated rings. The van der Waals surface area contributed by atoms with Gasteiger partial charge in [0.1, 0.15) is 5.02 Å². The van der Waals surface area contributed by atoms with Crippen molar-refractivity contribution in [2.45, 2.75) is 9.79 Å². The standard InChI is InChI=1S/C7H5Cl2NO3S.C7H6Cl2O2S/c1-14(13)7-3-6(10(11)12)4(8)2-5(7)9;1-12(10,11)7-3-2-5(8)4-6(7)9/h2-3H,1H3;2-4H,1H3. The molecule has 26 heavy (non-hydrogen) atoms. The van der Waals surface area contributed by atoms with Crippen molar-refractivity contribution in [3.63, 3.8) is 0 Å². The minimum absolute atomic E-state index is 0.0609. The Morgan fingerprint density at radius 2 is 1.58 bits per heavy atom. The zero-order valence-electron chi connectivity index (χ0n) is 13.2. The zero-order valence-corrected chi connectivity index (χ0v) is 17.9. The third-order valence-corrected chi connectivity index (χ3v) is 6.30. The summed E-state index contributed by atoms with van der Waals surface area (Å²) < 4.78 is 33.2. The summed E-state index contributed by atoms with van der Waals surface area (Å²) in [5.74, 6) is 0. The minimum Gasteiger partial charge on any atom is -0.258 e. The van der Waals surface area contributed by atoms with Crippen LogP contribution in [0.2, 0.25) is 20.1 Å². The topological polar surface area (TPSA) is 94.3 Å². The number of hydrogen-bond donors (Lipinski definition) is 0. The van der Waals surface area contributed by atoms with Gasteiger partial charge in [-0.3, -0.25) is 14.3 Å². The molecule has 1 atom stereocenters. The van der Waals surface area contributed by atoms with Crippen LogP contribution in [-0.2, 0) is 20.6 Å². The molecule has 142 valence electrons. The van der Waals surface area contributed by atoms with Crippen LogP contribution in [0, 0.1) is 10.1 Å². The van der Waals surface area contributed by atoms with E-state index in [1.807, 2.05) is 0 Å². The van der Waals surface area contributed by atoms with E-state index in [2.05, 4.69) is 0 Å². The van der Waals surface area contributed by atoms with Gasteiger partial charge in [-0.25, -0.2) is 8.42 Å². The van der Waals surface area contributed by atoms with E-state index in [0.29, 0.717) is 5.02 Å². The minimum atomic E-state index is -3.24. The van der Waals surface area contributed by atoms with Crippen LogP contribution in [0.3, 0.4) is 0 Å². The van der Waals surface area contributed by atoms with Gasteiger partial charge in [-0.05, 0) is 24.3 Å². The maximum absolute atomic E-state index is 11.1. The first-order valence-corrected chi connectivity index (χ1v) is 11.4. The Kier molecular flexibility index (Phi) is 8.32. The average Bonchev–Trinajstić information content (AvgIpc) is 2.45. The van der Waals surface area contributed by atoms with E-state index in [1.165, 1.54) is 30.5 Å². The highest BCUT2D eigenvalue weighted by atomic mass is 35.5. The number of halogens is 4. The van der Waals surface area contributed by atoms with Crippen LogP contribution >= 0.6 is 46.4 Å². The van der Waals surface area contributed by atoms with Crippen molar-refractivity contribution in [3.05, 3.63) is 60.5 Å². The number of rotatable bonds is 3. The van der Waals surface area contributed by atoms with Gasteiger partial charge < -0.3 is 0 Å². The molecule has 0 aliphatic carbocycles. The van der Waals surface area contributed by atoms with Gasteiger partial charge >= 0.3 is 0 Å². The smallest absolute Gasteiger partial charge is 0.258 e. The molecule has 0 spiro atoms. The number of nitrogens with zero attached hydrogens (tertiary/aromatic N) is 1. The Hall–Kier alpha value is -0.900. The van der Waals surface area contributed by atoms with E-state index < -0.39 is 25.6 Å². The molecule has 0 heterocycles. The lowest BCUT2D eigenvalue weighted by atomic mass is 10.3. The first kappa shape index (κ1) is 23.1. The van der Waals surface area contributed by atoms with Gasteiger partial charge in [-0.2, -0.15) is 0 Å². The van der Waals surface area contributed by atoms with Crippen LogP contribution in [0.15, 0.2) is 40.1 Å². The van der Waals surface area contributed by atoms with Crippen LogP contribution in [0.1, 0.15) is 0 Å². The lowest BCUT2D eigenvalue weighted by Crippen LogP contribution is -1.97. The zero-order chi connectivity index (χ0) is 20.2. The van der Waals surface area contributed by atoms with E-state index in [0.717, 1.165) is 12.3 Å². The molecular weight excluding hydrogens is 468 g/mol. The molecule has 0 saturated carbocycles. The highest BCUT2D eigenvalue weighted by Gasteiger charge is 2.17. The van der Waals surface area contributed by atoms with Gasteiger partial charge in [0, 0.05) is 23.6 Å². The van der Waals surface area contributed by atoms with Crippen molar-refractivity contribution in [1.82, 2.24) is 0 Å². The van der Waals surface area contributed by atoms with E-state index >= 15 is 0 Å². The van der Waals surface area contributed by atoms with E-state index in [-0.39, 0.29) is 30.5 Å². The fourth-order valence-corrected chi connectivity index (χ4v) is 4.60. The van der Waals surface area contributed by atoms with Gasteiger partial charge in [0.2, 0.25) is 0 Å². The van der Waals surface area contributed by atoms with E-state index in [4.69, 9.17) is 46.4 Å². The predicted molar refractivity (Wildman–Crippen MR) is 105 cm³/mol. The summed E-state index contributed by atoms with van der Waals surface area (Å²) in [4.78, 5) is 10.2. The van der Waals surface area contributed by atoms with Crippen LogP contribution in [-0.4, -0.2) is 30.1 Å². The van der Waals surface area contributed by atoms with Crippen LogP contribution in [0.4, 0.5) is 5.69 Å². The molecule has 2 rings (SSSR count). The molecule has 0 amide bonds. The Morgan fingerprint density at radius 3 is 2.00 bits per heavy atom. The number of nitro groups is 1. The van der Waals surface area contributed by atoms with Crippen molar-refractivity contribution in [2.24, 2.45) is 0 Å². The van der Waals surface area contributed by atoms with Gasteiger partial charge in [-0.1, -0.05) is 46.4 Å². The Labute approximate surface area is 172 Å². The third-order valence-electron chi connectivity index (χ3n) is 2.80. The number of sulfone groups is 1. The lowest BCUT2D eigenvalue weighted by molar-refractivity contribution is -0.384. The summed E-state index contributed by atoms with van der Waals surface area (Å²) in [5.41, 5.74) is -0.290. The molecule has 1 unspecified atom stereocenters. The van der Waals surface area contributed by atoms with Crippen molar-refractivity contribution in [1.29, 1.82) is 0 Å². The van der Waals surface area contributed by atoms with Crippen molar-refractivity contribution in [3.8, 4) is 0 Å². The van der Waals surface area contributed by atoms with Crippen LogP contribution in [0.25, 0.3) is 0 Å². The fourth-order valence-electron chi connectivity index (χ4n) is 1.65. The maximum atomic E-state index is 11.1. The first-order valence-electron chi connectivity index (χ1n) is 6.46. The monoisotopic (exact) mass is 477 g/mol. The third kappa shape index (κ3) is 6.37. The van der Waals surface area contributed by atoms with Gasteiger partial charge in [-0.15, -0.1) is 0 Å². The Balaban J connectivity index is 0.000000263. The molecule has 0 radical (unpaired) electrons. The molecular formula is C14H11Cl4NO5S2. The quantitative estimate of drug-likeness (QED) is 0.455. The second kappa shape index (κ2) is 9.34. The van der Waals surface area contributed by atoms with Crippen molar-refractivity contribution >= 4 is 72.7 Å². The summed E-state index contributed by atoms with van der Waals surface area (Å²) in [6, 6.07) is 6.63. The molecule has 0 aliphatic heterocycles. The highest BCUT2D eigenvalue weighted by Crippen LogP contribution is 2.32. The summed E-state index contributed by atoms with van der Waals surface area (Å²) >= 11 is 22.5. The number of nitro benzene ring substituents is 1. The summed E-state index contributed by atoms with van der Waals surface area (Å²) in [6.45, 7) is 0. The lowest BCUT2D eigenvalue weighted by Gasteiger charge is -2.01. The average molecular weight is 479 g/mol. The molecule has 2 aromatic rings. The Bertz CT molecular complexity index is 944. The summed E-state index contributed by atoms with van der Waals surface area (Å²) in [6.07, 6.45) is 2.49. The second-order valence-electron chi connectivity index (χ2n) is 4.79. The van der Waals surface area contributed by atoms with Crippen molar-refractivity contribution in [2.75, 3.05) is 12.5 Å². The molecule has 0 aliphatic rings. The molecule has 0 N–H and O–H groups in total.